The van der Waals surface area contributed by atoms with Crippen molar-refractivity contribution in [1.29, 1.82) is 0 Å². The van der Waals surface area contributed by atoms with Crippen molar-refractivity contribution >= 4 is 5.91 Å². The van der Waals surface area contributed by atoms with E-state index in [4.69, 9.17) is 9.84 Å². The van der Waals surface area contributed by atoms with E-state index in [1.807, 2.05) is 6.92 Å². The quantitative estimate of drug-likeness (QED) is 0.761. The average molecular weight is 262 g/mol. The van der Waals surface area contributed by atoms with Gasteiger partial charge in [-0.05, 0) is 18.6 Å². The Balaban J connectivity index is 2.87. The molecule has 0 saturated carbocycles. The van der Waals surface area contributed by atoms with Gasteiger partial charge in [0.05, 0.1) is 18.2 Å². The summed E-state index contributed by atoms with van der Waals surface area (Å²) in [4.78, 5) is 16.2. The number of amides is 1. The van der Waals surface area contributed by atoms with Crippen molar-refractivity contribution in [2.45, 2.75) is 19.4 Å². The van der Waals surface area contributed by atoms with Gasteiger partial charge in [-0.3, -0.25) is 4.79 Å². The lowest BCUT2D eigenvalue weighted by atomic mass is 10.1. The van der Waals surface area contributed by atoms with Gasteiger partial charge in [-0.15, -0.1) is 0 Å². The summed E-state index contributed by atoms with van der Waals surface area (Å²) < 4.78 is 5.03. The highest BCUT2D eigenvalue weighted by molar-refractivity contribution is 5.94. The lowest BCUT2D eigenvalue weighted by molar-refractivity contribution is 0.0889. The molecule has 102 valence electrons. The Labute approximate surface area is 113 Å². The zero-order chi connectivity index (χ0) is 14.1. The van der Waals surface area contributed by atoms with Crippen molar-refractivity contribution in [1.82, 2.24) is 10.3 Å². The summed E-state index contributed by atoms with van der Waals surface area (Å²) in [7, 11) is 1.59. The average Bonchev–Trinajstić information content (AvgIpc) is 2.44. The van der Waals surface area contributed by atoms with E-state index >= 15 is 0 Å². The summed E-state index contributed by atoms with van der Waals surface area (Å²) in [6.45, 7) is 2.17. The van der Waals surface area contributed by atoms with Crippen molar-refractivity contribution in [2.75, 3.05) is 20.3 Å². The first-order valence-electron chi connectivity index (χ1n) is 6.07. The van der Waals surface area contributed by atoms with Crippen LogP contribution in [0.3, 0.4) is 0 Å². The minimum Gasteiger partial charge on any atom is -0.384 e. The van der Waals surface area contributed by atoms with Crippen molar-refractivity contribution in [3.05, 3.63) is 29.6 Å². The first-order valence-corrected chi connectivity index (χ1v) is 6.07. The molecule has 0 bridgehead atoms. The van der Waals surface area contributed by atoms with Gasteiger partial charge in [-0.25, -0.2) is 4.98 Å². The standard InChI is InChI=1S/C14H18N2O3/c1-3-12(10-19-2)16-14(18)13-11(7-5-9-17)6-4-8-15-13/h4,6,8,12,17H,3,9-10H2,1-2H3,(H,16,18). The molecule has 0 radical (unpaired) electrons. The summed E-state index contributed by atoms with van der Waals surface area (Å²) in [5, 5.41) is 11.5. The molecule has 0 aliphatic carbocycles. The molecule has 5 nitrogen and oxygen atoms in total. The largest absolute Gasteiger partial charge is 0.384 e. The number of methoxy groups -OCH3 is 1. The van der Waals surface area contributed by atoms with Crippen LogP contribution in [0.2, 0.25) is 0 Å². The lowest BCUT2D eigenvalue weighted by Gasteiger charge is -2.15. The number of carbonyl (C=O) groups excluding carboxylic acids is 1. The van der Waals surface area contributed by atoms with Crippen LogP contribution in [-0.2, 0) is 4.74 Å². The smallest absolute Gasteiger partial charge is 0.271 e. The summed E-state index contributed by atoms with van der Waals surface area (Å²) >= 11 is 0. The molecule has 1 rings (SSSR count). The second kappa shape index (κ2) is 8.25. The number of pyridine rings is 1. The van der Waals surface area contributed by atoms with Gasteiger partial charge in [0, 0.05) is 13.3 Å². The fourth-order valence-corrected chi connectivity index (χ4v) is 1.54. The molecule has 0 aromatic carbocycles. The van der Waals surface area contributed by atoms with Crippen LogP contribution in [0.5, 0.6) is 0 Å². The van der Waals surface area contributed by atoms with Gasteiger partial charge < -0.3 is 15.2 Å². The van der Waals surface area contributed by atoms with Crippen molar-refractivity contribution < 1.29 is 14.6 Å². The van der Waals surface area contributed by atoms with Gasteiger partial charge in [0.2, 0.25) is 0 Å². The number of rotatable bonds is 5. The monoisotopic (exact) mass is 262 g/mol. The Bertz CT molecular complexity index is 477. The summed E-state index contributed by atoms with van der Waals surface area (Å²) in [6, 6.07) is 3.34. The van der Waals surface area contributed by atoms with Gasteiger partial charge in [0.25, 0.3) is 5.91 Å². The number of nitrogens with zero attached hydrogens (tertiary/aromatic N) is 1. The highest BCUT2D eigenvalue weighted by Gasteiger charge is 2.15. The fourth-order valence-electron chi connectivity index (χ4n) is 1.54. The lowest BCUT2D eigenvalue weighted by Crippen LogP contribution is -2.38. The number of aliphatic hydroxyl groups excluding tert-OH is 1. The van der Waals surface area contributed by atoms with E-state index in [9.17, 15) is 4.79 Å². The van der Waals surface area contributed by atoms with Gasteiger partial charge >= 0.3 is 0 Å². The molecule has 0 aliphatic rings. The zero-order valence-electron chi connectivity index (χ0n) is 11.1. The van der Waals surface area contributed by atoms with Crippen molar-refractivity contribution in [3.63, 3.8) is 0 Å². The van der Waals surface area contributed by atoms with Crippen LogP contribution in [0.25, 0.3) is 0 Å². The molecule has 0 spiro atoms. The van der Waals surface area contributed by atoms with Gasteiger partial charge in [0.1, 0.15) is 12.3 Å². The second-order valence-corrected chi connectivity index (χ2v) is 3.89. The summed E-state index contributed by atoms with van der Waals surface area (Å²) in [5.41, 5.74) is 0.763. The van der Waals surface area contributed by atoms with Crippen LogP contribution in [0.4, 0.5) is 0 Å². The Hall–Kier alpha value is -1.90. The summed E-state index contributed by atoms with van der Waals surface area (Å²) in [5.74, 6) is 4.94. The molecule has 1 heterocycles. The van der Waals surface area contributed by atoms with E-state index < -0.39 is 0 Å². The van der Waals surface area contributed by atoms with Crippen LogP contribution < -0.4 is 5.32 Å². The summed E-state index contributed by atoms with van der Waals surface area (Å²) in [6.07, 6.45) is 2.31. The van der Waals surface area contributed by atoms with Crippen LogP contribution in [0.15, 0.2) is 18.3 Å². The van der Waals surface area contributed by atoms with Gasteiger partial charge in [-0.2, -0.15) is 0 Å². The molecule has 1 aromatic heterocycles. The van der Waals surface area contributed by atoms with Crippen LogP contribution in [-0.4, -0.2) is 42.4 Å². The van der Waals surface area contributed by atoms with E-state index in [0.29, 0.717) is 12.2 Å². The maximum atomic E-state index is 12.1. The Morgan fingerprint density at radius 3 is 3.05 bits per heavy atom. The van der Waals surface area contributed by atoms with Crippen LogP contribution in [0, 0.1) is 11.8 Å². The van der Waals surface area contributed by atoms with Gasteiger partial charge in [-0.1, -0.05) is 18.8 Å². The molecule has 1 atom stereocenters. The van der Waals surface area contributed by atoms with Crippen molar-refractivity contribution in [3.8, 4) is 11.8 Å². The first kappa shape index (κ1) is 15.2. The molecular weight excluding hydrogens is 244 g/mol. The SMILES string of the molecule is CCC(COC)NC(=O)c1ncccc1C#CCO. The van der Waals surface area contributed by atoms with E-state index in [1.165, 1.54) is 6.20 Å². The third kappa shape index (κ3) is 4.70. The van der Waals surface area contributed by atoms with Crippen LogP contribution >= 0.6 is 0 Å². The van der Waals surface area contributed by atoms with Gasteiger partial charge in [0.15, 0.2) is 0 Å². The number of hydrogen-bond donors (Lipinski definition) is 2. The maximum Gasteiger partial charge on any atom is 0.271 e. The first-order chi connectivity index (χ1) is 9.22. The molecule has 5 heteroatoms. The Morgan fingerprint density at radius 2 is 2.42 bits per heavy atom. The second-order valence-electron chi connectivity index (χ2n) is 3.89. The zero-order valence-corrected chi connectivity index (χ0v) is 11.1. The highest BCUT2D eigenvalue weighted by atomic mass is 16.5. The third-order valence-corrected chi connectivity index (χ3v) is 2.52. The third-order valence-electron chi connectivity index (χ3n) is 2.52. The Morgan fingerprint density at radius 1 is 1.63 bits per heavy atom. The number of aliphatic hydroxyl groups is 1. The van der Waals surface area contributed by atoms with Crippen LogP contribution in [0.1, 0.15) is 29.4 Å². The molecule has 19 heavy (non-hydrogen) atoms. The number of nitrogens with one attached hydrogen (secondary N) is 1. The minimum absolute atomic E-state index is 0.0573. The molecule has 1 amide bonds. The number of hydrogen-bond acceptors (Lipinski definition) is 4. The predicted molar refractivity (Wildman–Crippen MR) is 71.6 cm³/mol. The van der Waals surface area contributed by atoms with Crippen molar-refractivity contribution in [2.24, 2.45) is 0 Å². The molecule has 0 aliphatic heterocycles. The molecule has 2 N–H and O–H groups in total. The number of aromatic nitrogens is 1. The van der Waals surface area contributed by atoms with E-state index in [0.717, 1.165) is 6.42 Å². The predicted octanol–water partition coefficient (Wildman–Crippen LogP) is 0.580. The van der Waals surface area contributed by atoms with E-state index in [1.54, 1.807) is 19.2 Å². The maximum absolute atomic E-state index is 12.1. The molecule has 0 saturated heterocycles. The normalized spacial score (nSPS) is 11.3. The fraction of sp³-hybridized carbons (Fsp3) is 0.429. The topological polar surface area (TPSA) is 71.5 Å². The number of ether oxygens (including phenoxy) is 1. The Kier molecular flexibility index (Phi) is 6.58. The van der Waals surface area contributed by atoms with E-state index in [-0.39, 0.29) is 24.2 Å². The molecular formula is C14H18N2O3. The van der Waals surface area contributed by atoms with E-state index in [2.05, 4.69) is 22.1 Å². The molecule has 0 fully saturated rings. The number of carbonyl (C=O) groups is 1. The highest BCUT2D eigenvalue weighted by Crippen LogP contribution is 2.04. The molecule has 1 unspecified atom stereocenters. The minimum atomic E-state index is -0.285. The molecule has 1 aromatic rings.